The van der Waals surface area contributed by atoms with Gasteiger partial charge in [-0.3, -0.25) is 4.79 Å². The molecular formula is C14H28N4O5S. The second-order valence-electron chi connectivity index (χ2n) is 5.41. The van der Waals surface area contributed by atoms with E-state index in [9.17, 15) is 18.0 Å². The van der Waals surface area contributed by atoms with Gasteiger partial charge < -0.3 is 14.5 Å². The van der Waals surface area contributed by atoms with Crippen molar-refractivity contribution < 1.29 is 22.7 Å². The largest absolute Gasteiger partial charge is 0.450 e. The van der Waals surface area contributed by atoms with Gasteiger partial charge in [-0.25, -0.2) is 4.79 Å². The van der Waals surface area contributed by atoms with Crippen molar-refractivity contribution in [2.24, 2.45) is 0 Å². The highest BCUT2D eigenvalue weighted by Crippen LogP contribution is 2.12. The molecule has 1 saturated heterocycles. The lowest BCUT2D eigenvalue weighted by Gasteiger charge is -2.35. The van der Waals surface area contributed by atoms with E-state index in [4.69, 9.17) is 4.74 Å². The van der Waals surface area contributed by atoms with Crippen molar-refractivity contribution in [3.8, 4) is 0 Å². The molecule has 0 unspecified atom stereocenters. The van der Waals surface area contributed by atoms with E-state index in [1.165, 1.54) is 16.3 Å². The lowest BCUT2D eigenvalue weighted by molar-refractivity contribution is -0.130. The fourth-order valence-electron chi connectivity index (χ4n) is 2.46. The molecule has 9 nitrogen and oxygen atoms in total. The first-order valence-electron chi connectivity index (χ1n) is 8.18. The molecule has 0 spiro atoms. The Hall–Kier alpha value is -1.39. The Bertz CT molecular complexity index is 527. The Balaban J connectivity index is 2.63. The van der Waals surface area contributed by atoms with Gasteiger partial charge in [0.2, 0.25) is 5.91 Å². The summed E-state index contributed by atoms with van der Waals surface area (Å²) in [7, 11) is -2.33. The molecule has 0 radical (unpaired) electrons. The van der Waals surface area contributed by atoms with E-state index in [1.54, 1.807) is 11.8 Å². The number of likely N-dealkylation sites (N-methyl/N-ethyl adjacent to an activating group) is 2. The van der Waals surface area contributed by atoms with E-state index in [0.29, 0.717) is 13.1 Å². The van der Waals surface area contributed by atoms with Gasteiger partial charge in [0, 0.05) is 46.3 Å². The second-order valence-corrected chi connectivity index (χ2v) is 7.45. The normalized spacial score (nSPS) is 16.3. The Morgan fingerprint density at radius 3 is 2.04 bits per heavy atom. The fraction of sp³-hybridized carbons (Fsp3) is 0.857. The van der Waals surface area contributed by atoms with Gasteiger partial charge in [-0.2, -0.15) is 17.0 Å². The quantitative estimate of drug-likeness (QED) is 0.624. The topological polar surface area (TPSA) is 90.5 Å². The molecule has 24 heavy (non-hydrogen) atoms. The highest BCUT2D eigenvalue weighted by atomic mass is 32.2. The van der Waals surface area contributed by atoms with Gasteiger partial charge in [0.25, 0.3) is 10.2 Å². The van der Waals surface area contributed by atoms with Crippen molar-refractivity contribution in [2.75, 3.05) is 59.5 Å². The first-order chi connectivity index (χ1) is 11.3. The summed E-state index contributed by atoms with van der Waals surface area (Å²) in [6, 6.07) is 0. The predicted octanol–water partition coefficient (Wildman–Crippen LogP) is -0.194. The number of ether oxygens (including phenoxy) is 1. The van der Waals surface area contributed by atoms with Gasteiger partial charge in [-0.1, -0.05) is 0 Å². The summed E-state index contributed by atoms with van der Waals surface area (Å²) in [5, 5.41) is 0. The molecule has 1 fully saturated rings. The molecule has 0 saturated carbocycles. The fourth-order valence-corrected chi connectivity index (χ4v) is 3.75. The predicted molar refractivity (Wildman–Crippen MR) is 89.6 cm³/mol. The lowest BCUT2D eigenvalue weighted by atomic mass is 10.4. The average molecular weight is 364 g/mol. The Labute approximate surface area is 144 Å². The molecule has 0 N–H and O–H groups in total. The highest BCUT2D eigenvalue weighted by Gasteiger charge is 2.33. The molecular weight excluding hydrogens is 336 g/mol. The molecule has 0 bridgehead atoms. The van der Waals surface area contributed by atoms with Gasteiger partial charge in [-0.05, 0) is 20.8 Å². The zero-order valence-electron chi connectivity index (χ0n) is 14.9. The van der Waals surface area contributed by atoms with Crippen LogP contribution in [0.4, 0.5) is 4.79 Å². The van der Waals surface area contributed by atoms with Gasteiger partial charge >= 0.3 is 6.09 Å². The maximum atomic E-state index is 12.6. The van der Waals surface area contributed by atoms with Crippen molar-refractivity contribution >= 4 is 22.2 Å². The lowest BCUT2D eigenvalue weighted by Crippen LogP contribution is -2.54. The minimum atomic E-state index is -3.73. The summed E-state index contributed by atoms with van der Waals surface area (Å²) in [6.07, 6.45) is -0.431. The Morgan fingerprint density at radius 2 is 1.58 bits per heavy atom. The van der Waals surface area contributed by atoms with E-state index >= 15 is 0 Å². The number of amides is 2. The van der Waals surface area contributed by atoms with Gasteiger partial charge in [0.15, 0.2) is 0 Å². The zero-order chi connectivity index (χ0) is 18.3. The summed E-state index contributed by atoms with van der Waals surface area (Å²) in [5.41, 5.74) is 0. The maximum absolute atomic E-state index is 12.6. The number of carbonyl (C=O) groups is 2. The maximum Gasteiger partial charge on any atom is 0.409 e. The molecule has 2 amide bonds. The molecule has 1 rings (SSSR count). The van der Waals surface area contributed by atoms with Crippen LogP contribution in [0.15, 0.2) is 0 Å². The van der Waals surface area contributed by atoms with Gasteiger partial charge in [-0.15, -0.1) is 0 Å². The van der Waals surface area contributed by atoms with Gasteiger partial charge in [0.05, 0.1) is 13.2 Å². The number of rotatable bonds is 7. The number of hydrogen-bond acceptors (Lipinski definition) is 5. The van der Waals surface area contributed by atoms with E-state index in [1.807, 2.05) is 13.8 Å². The Morgan fingerprint density at radius 1 is 1.04 bits per heavy atom. The standard InChI is InChI=1S/C14H28N4O5S/c1-5-16(6-2)13(19)12-15(4)24(21,22)18-10-8-17(9-11-18)14(20)23-7-3/h5-12H2,1-4H3. The smallest absolute Gasteiger partial charge is 0.409 e. The van der Waals surface area contributed by atoms with Crippen LogP contribution < -0.4 is 0 Å². The minimum absolute atomic E-state index is 0.185. The van der Waals surface area contributed by atoms with Crippen LogP contribution in [0.1, 0.15) is 20.8 Å². The van der Waals surface area contributed by atoms with Crippen LogP contribution >= 0.6 is 0 Å². The minimum Gasteiger partial charge on any atom is -0.450 e. The number of piperazine rings is 1. The summed E-state index contributed by atoms with van der Waals surface area (Å²) in [6.45, 7) is 7.52. The van der Waals surface area contributed by atoms with Gasteiger partial charge in [0.1, 0.15) is 0 Å². The van der Waals surface area contributed by atoms with E-state index in [2.05, 4.69) is 0 Å². The molecule has 1 heterocycles. The van der Waals surface area contributed by atoms with Crippen LogP contribution in [0.3, 0.4) is 0 Å². The van der Waals surface area contributed by atoms with Crippen LogP contribution in [-0.2, 0) is 19.7 Å². The molecule has 0 aromatic heterocycles. The molecule has 0 atom stereocenters. The summed E-state index contributed by atoms with van der Waals surface area (Å²) in [5.74, 6) is -0.226. The summed E-state index contributed by atoms with van der Waals surface area (Å²) < 4.78 is 32.4. The third-order valence-corrected chi connectivity index (χ3v) is 5.89. The number of carbonyl (C=O) groups excluding carboxylic acids is 2. The van der Waals surface area contributed by atoms with E-state index in [0.717, 1.165) is 4.31 Å². The average Bonchev–Trinajstić information content (AvgIpc) is 2.56. The molecule has 140 valence electrons. The third-order valence-electron chi connectivity index (χ3n) is 3.96. The molecule has 0 aliphatic carbocycles. The van der Waals surface area contributed by atoms with Crippen molar-refractivity contribution in [3.63, 3.8) is 0 Å². The van der Waals surface area contributed by atoms with Crippen molar-refractivity contribution in [1.29, 1.82) is 0 Å². The van der Waals surface area contributed by atoms with Crippen LogP contribution in [0.2, 0.25) is 0 Å². The van der Waals surface area contributed by atoms with Crippen molar-refractivity contribution in [3.05, 3.63) is 0 Å². The molecule has 0 aromatic carbocycles. The van der Waals surface area contributed by atoms with Crippen LogP contribution in [0.5, 0.6) is 0 Å². The molecule has 0 aromatic rings. The first-order valence-corrected chi connectivity index (χ1v) is 9.58. The van der Waals surface area contributed by atoms with Crippen molar-refractivity contribution in [1.82, 2.24) is 18.4 Å². The van der Waals surface area contributed by atoms with E-state index < -0.39 is 16.3 Å². The highest BCUT2D eigenvalue weighted by molar-refractivity contribution is 7.86. The molecule has 1 aliphatic rings. The van der Waals surface area contributed by atoms with Crippen LogP contribution in [0.25, 0.3) is 0 Å². The van der Waals surface area contributed by atoms with Crippen molar-refractivity contribution in [2.45, 2.75) is 20.8 Å². The molecule has 10 heteroatoms. The van der Waals surface area contributed by atoms with Crippen LogP contribution in [-0.4, -0.2) is 98.3 Å². The zero-order valence-corrected chi connectivity index (χ0v) is 15.7. The summed E-state index contributed by atoms with van der Waals surface area (Å²) in [4.78, 5) is 26.8. The number of hydrogen-bond donors (Lipinski definition) is 0. The second kappa shape index (κ2) is 9.19. The first kappa shape index (κ1) is 20.7. The third kappa shape index (κ3) is 5.05. The SMILES string of the molecule is CCOC(=O)N1CCN(S(=O)(=O)N(C)CC(=O)N(CC)CC)CC1. The summed E-state index contributed by atoms with van der Waals surface area (Å²) >= 11 is 0. The van der Waals surface area contributed by atoms with Crippen LogP contribution in [0, 0.1) is 0 Å². The molecule has 1 aliphatic heterocycles. The number of nitrogens with zero attached hydrogens (tertiary/aromatic N) is 4. The Kier molecular flexibility index (Phi) is 7.91. The monoisotopic (exact) mass is 364 g/mol. The van der Waals surface area contributed by atoms with E-state index in [-0.39, 0.29) is 45.2 Å².